The van der Waals surface area contributed by atoms with Crippen LogP contribution in [0.5, 0.6) is 0 Å². The molecule has 1 saturated carbocycles. The van der Waals surface area contributed by atoms with Crippen molar-refractivity contribution in [3.05, 3.63) is 100 Å². The van der Waals surface area contributed by atoms with Gasteiger partial charge in [0.25, 0.3) is 5.91 Å². The number of hydrogen-bond donors (Lipinski definition) is 1. The summed E-state index contributed by atoms with van der Waals surface area (Å²) in [5, 5.41) is 3.98. The largest absolute Gasteiger partial charge is 0.336 e. The van der Waals surface area contributed by atoms with Crippen LogP contribution in [0.3, 0.4) is 0 Å². The highest BCUT2D eigenvalue weighted by Gasteiger charge is 2.67. The molecule has 2 unspecified atom stereocenters. The summed E-state index contributed by atoms with van der Waals surface area (Å²) in [5.41, 5.74) is 4.37. The summed E-state index contributed by atoms with van der Waals surface area (Å²) in [4.78, 5) is 30.7. The van der Waals surface area contributed by atoms with Gasteiger partial charge < -0.3 is 15.1 Å². The maximum atomic E-state index is 13.9. The number of nitrogens with one attached hydrogen (secondary N) is 1. The van der Waals surface area contributed by atoms with Gasteiger partial charge in [-0.3, -0.25) is 9.59 Å². The zero-order valence-corrected chi connectivity index (χ0v) is 19.6. The summed E-state index contributed by atoms with van der Waals surface area (Å²) in [6.07, 6.45) is 0.808. The highest BCUT2D eigenvalue weighted by atomic mass is 35.5. The van der Waals surface area contributed by atoms with Crippen molar-refractivity contribution in [2.24, 2.45) is 0 Å². The number of rotatable bonds is 4. The van der Waals surface area contributed by atoms with E-state index in [1.54, 1.807) is 0 Å². The number of piperazine rings is 1. The van der Waals surface area contributed by atoms with Crippen LogP contribution in [-0.2, 0) is 16.8 Å². The summed E-state index contributed by atoms with van der Waals surface area (Å²) in [6, 6.07) is 23.7. The minimum absolute atomic E-state index is 0.0537. The lowest BCUT2D eigenvalue weighted by Crippen LogP contribution is -2.46. The van der Waals surface area contributed by atoms with Crippen molar-refractivity contribution in [2.45, 2.75) is 24.3 Å². The van der Waals surface area contributed by atoms with Crippen LogP contribution < -0.4 is 10.2 Å². The van der Waals surface area contributed by atoms with Gasteiger partial charge in [0.15, 0.2) is 0 Å². The normalized spacial score (nSPS) is 23.3. The van der Waals surface area contributed by atoms with Gasteiger partial charge >= 0.3 is 0 Å². The molecule has 3 aromatic rings. The minimum Gasteiger partial charge on any atom is -0.336 e. The van der Waals surface area contributed by atoms with Gasteiger partial charge in [-0.1, -0.05) is 54.1 Å². The van der Waals surface area contributed by atoms with Gasteiger partial charge in [0, 0.05) is 48.4 Å². The molecule has 34 heavy (non-hydrogen) atoms. The predicted molar refractivity (Wildman–Crippen MR) is 133 cm³/mol. The molecule has 3 aromatic carbocycles. The van der Waals surface area contributed by atoms with E-state index in [1.807, 2.05) is 76.5 Å². The van der Waals surface area contributed by atoms with Crippen molar-refractivity contribution >= 4 is 29.1 Å². The average molecular weight is 472 g/mol. The van der Waals surface area contributed by atoms with Gasteiger partial charge in [-0.05, 0) is 53.4 Å². The molecule has 2 amide bonds. The van der Waals surface area contributed by atoms with Crippen molar-refractivity contribution in [3.63, 3.8) is 0 Å². The van der Waals surface area contributed by atoms with E-state index < -0.39 is 5.41 Å². The third-order valence-electron chi connectivity index (χ3n) is 7.45. The SMILES string of the molecule is O=C(c1cccc(CN2C(=O)C3(CC3c3ccc(Cl)cc3)c3ccccc32)c1)N1CCNCC1. The van der Waals surface area contributed by atoms with Crippen molar-refractivity contribution in [1.29, 1.82) is 0 Å². The molecule has 0 bridgehead atoms. The summed E-state index contributed by atoms with van der Waals surface area (Å²) in [5.74, 6) is 0.356. The Morgan fingerprint density at radius 2 is 1.76 bits per heavy atom. The van der Waals surface area contributed by atoms with E-state index in [0.29, 0.717) is 17.1 Å². The molecule has 2 atom stereocenters. The van der Waals surface area contributed by atoms with E-state index in [-0.39, 0.29) is 17.7 Å². The molecule has 1 saturated heterocycles. The highest BCUT2D eigenvalue weighted by Crippen LogP contribution is 2.66. The van der Waals surface area contributed by atoms with E-state index in [9.17, 15) is 9.59 Å². The maximum absolute atomic E-state index is 13.9. The van der Waals surface area contributed by atoms with Crippen molar-refractivity contribution in [1.82, 2.24) is 10.2 Å². The predicted octanol–water partition coefficient (Wildman–Crippen LogP) is 4.36. The maximum Gasteiger partial charge on any atom is 0.253 e. The summed E-state index contributed by atoms with van der Waals surface area (Å²) < 4.78 is 0. The summed E-state index contributed by atoms with van der Waals surface area (Å²) >= 11 is 6.09. The van der Waals surface area contributed by atoms with Crippen molar-refractivity contribution < 1.29 is 9.59 Å². The number of amides is 2. The van der Waals surface area contributed by atoms with Crippen LogP contribution in [0.2, 0.25) is 5.02 Å². The molecule has 172 valence electrons. The Hall–Kier alpha value is -3.15. The molecule has 0 aromatic heterocycles. The first kappa shape index (κ1) is 21.4. The third kappa shape index (κ3) is 3.42. The standard InChI is InChI=1S/C28H26ClN3O2/c29-22-10-8-20(9-11-22)24-17-28(24)23-6-1-2-7-25(23)32(27(28)34)18-19-4-3-5-21(16-19)26(33)31-14-12-30-13-15-31/h1-11,16,24,30H,12-15,17-18H2. The van der Waals surface area contributed by atoms with E-state index in [4.69, 9.17) is 11.6 Å². The Morgan fingerprint density at radius 3 is 2.56 bits per heavy atom. The van der Waals surface area contributed by atoms with Crippen LogP contribution >= 0.6 is 11.6 Å². The zero-order valence-electron chi connectivity index (χ0n) is 18.8. The van der Waals surface area contributed by atoms with Gasteiger partial charge in [0.1, 0.15) is 0 Å². The Labute approximate surface area is 204 Å². The Kier molecular flexibility index (Phi) is 5.19. The lowest BCUT2D eigenvalue weighted by molar-refractivity contribution is -0.120. The molecular weight excluding hydrogens is 446 g/mol. The second-order valence-corrected chi connectivity index (χ2v) is 9.87. The summed E-state index contributed by atoms with van der Waals surface area (Å²) in [7, 11) is 0. The average Bonchev–Trinajstić information content (AvgIpc) is 3.59. The summed E-state index contributed by atoms with van der Waals surface area (Å²) in [6.45, 7) is 3.53. The van der Waals surface area contributed by atoms with Crippen molar-refractivity contribution in [3.8, 4) is 0 Å². The number of anilines is 1. The van der Waals surface area contributed by atoms with Gasteiger partial charge in [-0.2, -0.15) is 0 Å². The minimum atomic E-state index is -0.501. The molecule has 1 N–H and O–H groups in total. The van der Waals surface area contributed by atoms with Crippen LogP contribution in [0.1, 0.15) is 39.4 Å². The number of carbonyl (C=O) groups is 2. The quantitative estimate of drug-likeness (QED) is 0.615. The Morgan fingerprint density at radius 1 is 1.00 bits per heavy atom. The van der Waals surface area contributed by atoms with Crippen molar-refractivity contribution in [2.75, 3.05) is 31.1 Å². The Balaban J connectivity index is 1.28. The molecule has 2 fully saturated rings. The number of benzene rings is 3. The second-order valence-electron chi connectivity index (χ2n) is 9.43. The highest BCUT2D eigenvalue weighted by molar-refractivity contribution is 6.30. The van der Waals surface area contributed by atoms with Crippen LogP contribution in [0.25, 0.3) is 0 Å². The molecule has 2 heterocycles. The first-order chi connectivity index (χ1) is 16.6. The topological polar surface area (TPSA) is 52.7 Å². The number of carbonyl (C=O) groups excluding carboxylic acids is 2. The molecule has 0 radical (unpaired) electrons. The Bertz CT molecular complexity index is 1270. The molecule has 6 heteroatoms. The zero-order chi connectivity index (χ0) is 23.3. The molecule has 1 aliphatic carbocycles. The number of halogens is 1. The molecule has 2 aliphatic heterocycles. The van der Waals surface area contributed by atoms with Crippen LogP contribution in [-0.4, -0.2) is 42.9 Å². The van der Waals surface area contributed by atoms with Gasteiger partial charge in [0.05, 0.1) is 12.0 Å². The molecule has 5 nitrogen and oxygen atoms in total. The number of para-hydroxylation sites is 1. The first-order valence-electron chi connectivity index (χ1n) is 11.8. The van der Waals surface area contributed by atoms with Gasteiger partial charge in [-0.15, -0.1) is 0 Å². The van der Waals surface area contributed by atoms with E-state index in [2.05, 4.69) is 11.4 Å². The number of fused-ring (bicyclic) bond motifs is 2. The smallest absolute Gasteiger partial charge is 0.253 e. The first-order valence-corrected chi connectivity index (χ1v) is 12.2. The van der Waals surface area contributed by atoms with E-state index in [0.717, 1.165) is 55.0 Å². The van der Waals surface area contributed by atoms with E-state index in [1.165, 1.54) is 0 Å². The lowest BCUT2D eigenvalue weighted by Gasteiger charge is -2.27. The fraction of sp³-hybridized carbons (Fsp3) is 0.286. The molecule has 3 aliphatic rings. The number of hydrogen-bond acceptors (Lipinski definition) is 3. The van der Waals surface area contributed by atoms with Gasteiger partial charge in [0.2, 0.25) is 5.91 Å². The van der Waals surface area contributed by atoms with Crippen LogP contribution in [0, 0.1) is 0 Å². The molecular formula is C28H26ClN3O2. The van der Waals surface area contributed by atoms with Crippen LogP contribution in [0.15, 0.2) is 72.8 Å². The fourth-order valence-corrected chi connectivity index (χ4v) is 5.76. The molecule has 1 spiro atoms. The van der Waals surface area contributed by atoms with Gasteiger partial charge in [-0.25, -0.2) is 0 Å². The lowest BCUT2D eigenvalue weighted by atomic mass is 9.92. The second kappa shape index (κ2) is 8.26. The van der Waals surface area contributed by atoms with Crippen LogP contribution in [0.4, 0.5) is 5.69 Å². The third-order valence-corrected chi connectivity index (χ3v) is 7.71. The molecule has 6 rings (SSSR count). The monoisotopic (exact) mass is 471 g/mol. The number of nitrogens with zero attached hydrogens (tertiary/aromatic N) is 2. The van der Waals surface area contributed by atoms with E-state index >= 15 is 0 Å². The fourth-order valence-electron chi connectivity index (χ4n) is 5.64.